The van der Waals surface area contributed by atoms with Crippen molar-refractivity contribution in [2.75, 3.05) is 26.7 Å². The van der Waals surface area contributed by atoms with E-state index >= 15 is 0 Å². The predicted molar refractivity (Wildman–Crippen MR) is 127 cm³/mol. The first-order valence-corrected chi connectivity index (χ1v) is 10.7. The summed E-state index contributed by atoms with van der Waals surface area (Å²) in [6, 6.07) is 4.26. The van der Waals surface area contributed by atoms with Gasteiger partial charge in [-0.3, -0.25) is 4.99 Å². The SMILES string of the molecule is CCOC(=O)N1CCC(NC(=NC)NCc2ccc(OC3CCCC3)nc2)CC1.I. The van der Waals surface area contributed by atoms with Crippen molar-refractivity contribution in [3.05, 3.63) is 23.9 Å². The van der Waals surface area contributed by atoms with Gasteiger partial charge in [0.05, 0.1) is 6.61 Å². The Morgan fingerprint density at radius 1 is 1.23 bits per heavy atom. The fraction of sp³-hybridized carbons (Fsp3) is 0.667. The van der Waals surface area contributed by atoms with Gasteiger partial charge in [0.2, 0.25) is 5.88 Å². The van der Waals surface area contributed by atoms with Crippen LogP contribution in [0.1, 0.15) is 51.0 Å². The van der Waals surface area contributed by atoms with Crippen LogP contribution in [0.5, 0.6) is 5.88 Å². The molecule has 1 saturated heterocycles. The Hall–Kier alpha value is -1.78. The standard InChI is InChI=1S/C21H33N5O3.HI/c1-3-28-21(27)26-12-10-17(11-13-26)25-20(22-2)24-15-16-8-9-19(23-14-16)29-18-6-4-5-7-18;/h8-9,14,17-18H,3-7,10-13,15H2,1-2H3,(H2,22,24,25);1H. The number of carbonyl (C=O) groups is 1. The number of aromatic nitrogens is 1. The van der Waals surface area contributed by atoms with Gasteiger partial charge in [-0.1, -0.05) is 6.07 Å². The average Bonchev–Trinajstić information content (AvgIpc) is 3.26. The van der Waals surface area contributed by atoms with E-state index in [9.17, 15) is 4.79 Å². The monoisotopic (exact) mass is 531 g/mol. The van der Waals surface area contributed by atoms with Crippen LogP contribution in [0.15, 0.2) is 23.3 Å². The van der Waals surface area contributed by atoms with Crippen molar-refractivity contribution in [1.82, 2.24) is 20.5 Å². The Balaban J connectivity index is 0.00000320. The summed E-state index contributed by atoms with van der Waals surface area (Å²) in [4.78, 5) is 22.3. The molecule has 0 atom stereocenters. The van der Waals surface area contributed by atoms with Gasteiger partial charge in [-0.05, 0) is 51.0 Å². The lowest BCUT2D eigenvalue weighted by Gasteiger charge is -2.32. The average molecular weight is 531 g/mol. The van der Waals surface area contributed by atoms with Gasteiger partial charge in [-0.25, -0.2) is 9.78 Å². The number of nitrogens with zero attached hydrogens (tertiary/aromatic N) is 3. The molecule has 1 amide bonds. The van der Waals surface area contributed by atoms with E-state index in [-0.39, 0.29) is 36.1 Å². The molecule has 0 aromatic carbocycles. The Morgan fingerprint density at radius 2 is 1.97 bits per heavy atom. The van der Waals surface area contributed by atoms with Crippen LogP contribution in [0, 0.1) is 0 Å². The number of likely N-dealkylation sites (tertiary alicyclic amines) is 1. The van der Waals surface area contributed by atoms with E-state index in [4.69, 9.17) is 9.47 Å². The second-order valence-electron chi connectivity index (χ2n) is 7.56. The molecule has 1 aromatic heterocycles. The number of halogens is 1. The summed E-state index contributed by atoms with van der Waals surface area (Å²) >= 11 is 0. The van der Waals surface area contributed by atoms with E-state index in [1.807, 2.05) is 25.3 Å². The molecule has 1 aromatic rings. The van der Waals surface area contributed by atoms with Crippen LogP contribution in [0.4, 0.5) is 4.79 Å². The Bertz CT molecular complexity index is 672. The summed E-state index contributed by atoms with van der Waals surface area (Å²) in [6.07, 6.45) is 8.45. The number of hydrogen-bond donors (Lipinski definition) is 2. The molecule has 1 aliphatic heterocycles. The first-order valence-electron chi connectivity index (χ1n) is 10.7. The molecular formula is C21H34IN5O3. The number of hydrogen-bond acceptors (Lipinski definition) is 5. The van der Waals surface area contributed by atoms with Gasteiger partial charge >= 0.3 is 6.09 Å². The van der Waals surface area contributed by atoms with Crippen molar-refractivity contribution >= 4 is 36.0 Å². The number of amides is 1. The second kappa shape index (κ2) is 12.8. The van der Waals surface area contributed by atoms with Crippen LogP contribution in [-0.2, 0) is 11.3 Å². The number of guanidine groups is 1. The summed E-state index contributed by atoms with van der Waals surface area (Å²) in [5.41, 5.74) is 1.07. The highest BCUT2D eigenvalue weighted by Gasteiger charge is 2.24. The summed E-state index contributed by atoms with van der Waals surface area (Å²) in [6.45, 7) is 4.27. The molecule has 2 N–H and O–H groups in total. The Morgan fingerprint density at radius 3 is 2.57 bits per heavy atom. The van der Waals surface area contributed by atoms with E-state index in [0.29, 0.717) is 38.2 Å². The minimum absolute atomic E-state index is 0. The maximum Gasteiger partial charge on any atom is 0.409 e. The van der Waals surface area contributed by atoms with Crippen molar-refractivity contribution in [1.29, 1.82) is 0 Å². The van der Waals surface area contributed by atoms with Gasteiger partial charge in [0.1, 0.15) is 6.10 Å². The molecule has 30 heavy (non-hydrogen) atoms. The van der Waals surface area contributed by atoms with Crippen molar-refractivity contribution in [3.8, 4) is 5.88 Å². The number of carbonyl (C=O) groups excluding carboxylic acids is 1. The topological polar surface area (TPSA) is 88.1 Å². The number of piperidine rings is 1. The molecule has 1 saturated carbocycles. The van der Waals surface area contributed by atoms with Crippen molar-refractivity contribution in [2.45, 2.75) is 64.1 Å². The predicted octanol–water partition coefficient (Wildman–Crippen LogP) is 3.31. The van der Waals surface area contributed by atoms with Crippen LogP contribution < -0.4 is 15.4 Å². The van der Waals surface area contributed by atoms with E-state index in [2.05, 4.69) is 20.6 Å². The lowest BCUT2D eigenvalue weighted by Crippen LogP contribution is -2.49. The fourth-order valence-electron chi connectivity index (χ4n) is 3.76. The zero-order valence-electron chi connectivity index (χ0n) is 17.9. The van der Waals surface area contributed by atoms with Crippen molar-refractivity contribution in [3.63, 3.8) is 0 Å². The third-order valence-electron chi connectivity index (χ3n) is 5.43. The quantitative estimate of drug-likeness (QED) is 0.333. The molecule has 8 nitrogen and oxygen atoms in total. The fourth-order valence-corrected chi connectivity index (χ4v) is 3.76. The molecule has 2 aliphatic rings. The van der Waals surface area contributed by atoms with Gasteiger partial charge in [0.25, 0.3) is 0 Å². The summed E-state index contributed by atoms with van der Waals surface area (Å²) in [5.74, 6) is 1.46. The van der Waals surface area contributed by atoms with Gasteiger partial charge in [0.15, 0.2) is 5.96 Å². The highest BCUT2D eigenvalue weighted by Crippen LogP contribution is 2.22. The van der Waals surface area contributed by atoms with Crippen LogP contribution >= 0.6 is 24.0 Å². The van der Waals surface area contributed by atoms with E-state index in [0.717, 1.165) is 37.2 Å². The van der Waals surface area contributed by atoms with E-state index < -0.39 is 0 Å². The van der Waals surface area contributed by atoms with E-state index in [1.54, 1.807) is 11.9 Å². The molecule has 168 valence electrons. The summed E-state index contributed by atoms with van der Waals surface area (Å²) < 4.78 is 11.0. The van der Waals surface area contributed by atoms with E-state index in [1.165, 1.54) is 12.8 Å². The van der Waals surface area contributed by atoms with Gasteiger partial charge in [-0.2, -0.15) is 0 Å². The first kappa shape index (κ1) is 24.5. The maximum atomic E-state index is 11.8. The minimum Gasteiger partial charge on any atom is -0.474 e. The van der Waals surface area contributed by atoms with Gasteiger partial charge in [0, 0.05) is 45.0 Å². The maximum absolute atomic E-state index is 11.8. The number of rotatable bonds is 6. The Kier molecular flexibility index (Phi) is 10.5. The molecule has 2 fully saturated rings. The molecule has 2 heterocycles. The number of aliphatic imine (C=N–C) groups is 1. The first-order chi connectivity index (χ1) is 14.2. The Labute approximate surface area is 196 Å². The number of nitrogens with one attached hydrogen (secondary N) is 2. The summed E-state index contributed by atoms with van der Waals surface area (Å²) in [7, 11) is 1.76. The third-order valence-corrected chi connectivity index (χ3v) is 5.43. The van der Waals surface area contributed by atoms with Crippen LogP contribution in [0.25, 0.3) is 0 Å². The minimum atomic E-state index is -0.221. The molecule has 1 aliphatic carbocycles. The van der Waals surface area contributed by atoms with Crippen LogP contribution in [0.3, 0.4) is 0 Å². The molecule has 0 unspecified atom stereocenters. The number of pyridine rings is 1. The van der Waals surface area contributed by atoms with Crippen LogP contribution in [-0.4, -0.2) is 60.8 Å². The normalized spacial score (nSPS) is 17.9. The highest BCUT2D eigenvalue weighted by molar-refractivity contribution is 14.0. The second-order valence-corrected chi connectivity index (χ2v) is 7.56. The molecule has 9 heteroatoms. The van der Waals surface area contributed by atoms with Gasteiger partial charge in [-0.15, -0.1) is 24.0 Å². The highest BCUT2D eigenvalue weighted by atomic mass is 127. The zero-order valence-corrected chi connectivity index (χ0v) is 20.3. The lowest BCUT2D eigenvalue weighted by molar-refractivity contribution is 0.0963. The van der Waals surface area contributed by atoms with Crippen molar-refractivity contribution in [2.24, 2.45) is 4.99 Å². The van der Waals surface area contributed by atoms with Gasteiger partial charge < -0.3 is 25.0 Å². The third kappa shape index (κ3) is 7.48. The zero-order chi connectivity index (χ0) is 20.5. The molecule has 3 rings (SSSR count). The van der Waals surface area contributed by atoms with Crippen molar-refractivity contribution < 1.29 is 14.3 Å². The number of ether oxygens (including phenoxy) is 2. The lowest BCUT2D eigenvalue weighted by atomic mass is 10.1. The summed E-state index contributed by atoms with van der Waals surface area (Å²) in [5, 5.41) is 6.77. The molecule has 0 bridgehead atoms. The molecular weight excluding hydrogens is 497 g/mol. The largest absolute Gasteiger partial charge is 0.474 e. The smallest absolute Gasteiger partial charge is 0.409 e. The van der Waals surface area contributed by atoms with Crippen LogP contribution in [0.2, 0.25) is 0 Å². The molecule has 0 spiro atoms. The molecule has 0 radical (unpaired) electrons.